The first-order valence-corrected chi connectivity index (χ1v) is 11.2. The van der Waals surface area contributed by atoms with Gasteiger partial charge >= 0.3 is 0 Å². The number of carbonyl (C=O) groups excluding carboxylic acids is 2. The van der Waals surface area contributed by atoms with Gasteiger partial charge < -0.3 is 15.0 Å². The van der Waals surface area contributed by atoms with Crippen molar-refractivity contribution >= 4 is 11.8 Å². The first kappa shape index (κ1) is 23.7. The van der Waals surface area contributed by atoms with Crippen LogP contribution in [0, 0.1) is 11.6 Å². The van der Waals surface area contributed by atoms with Crippen LogP contribution in [0.25, 0.3) is 0 Å². The molecule has 1 saturated carbocycles. The Hall–Kier alpha value is -2.96. The van der Waals surface area contributed by atoms with E-state index in [1.54, 1.807) is 12.1 Å². The summed E-state index contributed by atoms with van der Waals surface area (Å²) in [5.74, 6) is -0.956. The molecule has 0 radical (unpaired) electrons. The van der Waals surface area contributed by atoms with Crippen molar-refractivity contribution in [2.24, 2.45) is 0 Å². The molecule has 1 aliphatic rings. The van der Waals surface area contributed by atoms with Crippen LogP contribution >= 0.6 is 0 Å². The Kier molecular flexibility index (Phi) is 8.59. The Bertz CT molecular complexity index is 881. The number of halogens is 2. The van der Waals surface area contributed by atoms with E-state index in [4.69, 9.17) is 4.74 Å². The molecule has 0 unspecified atom stereocenters. The van der Waals surface area contributed by atoms with Crippen LogP contribution in [0.1, 0.15) is 51.0 Å². The second-order valence-electron chi connectivity index (χ2n) is 8.16. The van der Waals surface area contributed by atoms with E-state index in [9.17, 15) is 18.4 Å². The van der Waals surface area contributed by atoms with Crippen molar-refractivity contribution in [3.8, 4) is 5.75 Å². The number of nitrogens with zero attached hydrogens (tertiary/aromatic N) is 1. The Morgan fingerprint density at radius 1 is 1.00 bits per heavy atom. The molecular formula is C25H30F2N2O3. The van der Waals surface area contributed by atoms with Gasteiger partial charge in [-0.15, -0.1) is 0 Å². The fourth-order valence-corrected chi connectivity index (χ4v) is 4.01. The Morgan fingerprint density at radius 3 is 2.19 bits per heavy atom. The normalized spacial score (nSPS) is 15.1. The maximum atomic E-state index is 13.3. The molecule has 1 aliphatic carbocycles. The summed E-state index contributed by atoms with van der Waals surface area (Å²) in [7, 11) is 0. The summed E-state index contributed by atoms with van der Waals surface area (Å²) in [4.78, 5) is 27.7. The summed E-state index contributed by atoms with van der Waals surface area (Å²) >= 11 is 0. The van der Waals surface area contributed by atoms with Crippen LogP contribution in [0.2, 0.25) is 0 Å². The molecular weight excluding hydrogens is 414 g/mol. The molecule has 5 nitrogen and oxygen atoms in total. The highest BCUT2D eigenvalue weighted by Gasteiger charge is 2.30. The predicted molar refractivity (Wildman–Crippen MR) is 118 cm³/mol. The molecule has 0 saturated heterocycles. The third-order valence-corrected chi connectivity index (χ3v) is 5.78. The fourth-order valence-electron chi connectivity index (χ4n) is 4.01. The lowest BCUT2D eigenvalue weighted by molar-refractivity contribution is -0.143. The molecule has 2 aromatic carbocycles. The number of rotatable bonds is 9. The molecule has 32 heavy (non-hydrogen) atoms. The number of ether oxygens (including phenoxy) is 1. The van der Waals surface area contributed by atoms with Gasteiger partial charge in [-0.2, -0.15) is 0 Å². The second-order valence-corrected chi connectivity index (χ2v) is 8.16. The molecule has 0 bridgehead atoms. The Balaban J connectivity index is 1.73. The maximum absolute atomic E-state index is 13.3. The van der Waals surface area contributed by atoms with Crippen molar-refractivity contribution in [3.05, 3.63) is 65.7 Å². The zero-order valence-electron chi connectivity index (χ0n) is 18.4. The van der Waals surface area contributed by atoms with Gasteiger partial charge in [0.05, 0.1) is 0 Å². The lowest BCUT2D eigenvalue weighted by Crippen LogP contribution is -2.52. The summed E-state index contributed by atoms with van der Waals surface area (Å²) in [6, 6.07) is 10.7. The Morgan fingerprint density at radius 2 is 1.59 bits per heavy atom. The molecule has 1 fully saturated rings. The van der Waals surface area contributed by atoms with Gasteiger partial charge in [0.2, 0.25) is 5.91 Å². The third kappa shape index (κ3) is 6.77. The predicted octanol–water partition coefficient (Wildman–Crippen LogP) is 4.60. The molecule has 0 heterocycles. The van der Waals surface area contributed by atoms with Crippen LogP contribution in [0.5, 0.6) is 5.75 Å². The van der Waals surface area contributed by atoms with Crippen LogP contribution < -0.4 is 10.1 Å². The number of amides is 2. The summed E-state index contributed by atoms with van der Waals surface area (Å²) in [5, 5.41) is 3.10. The van der Waals surface area contributed by atoms with E-state index in [1.807, 2.05) is 6.92 Å². The van der Waals surface area contributed by atoms with E-state index >= 15 is 0 Å². The minimum atomic E-state index is -0.675. The molecule has 0 aromatic heterocycles. The van der Waals surface area contributed by atoms with Gasteiger partial charge in [0, 0.05) is 12.6 Å². The largest absolute Gasteiger partial charge is 0.484 e. The van der Waals surface area contributed by atoms with Crippen LogP contribution in [0.15, 0.2) is 48.5 Å². The molecule has 2 aromatic rings. The summed E-state index contributed by atoms with van der Waals surface area (Å²) in [5.41, 5.74) is 0.713. The minimum Gasteiger partial charge on any atom is -0.484 e. The molecule has 3 rings (SSSR count). The molecule has 7 heteroatoms. The number of hydrogen-bond donors (Lipinski definition) is 1. The zero-order valence-corrected chi connectivity index (χ0v) is 18.4. The molecule has 0 aliphatic heterocycles. The van der Waals surface area contributed by atoms with Gasteiger partial charge in [-0.3, -0.25) is 9.59 Å². The van der Waals surface area contributed by atoms with Crippen molar-refractivity contribution in [2.75, 3.05) is 6.61 Å². The Labute approximate surface area is 187 Å². The first-order chi connectivity index (χ1) is 15.5. The minimum absolute atomic E-state index is 0.128. The van der Waals surface area contributed by atoms with Crippen molar-refractivity contribution < 1.29 is 23.1 Å². The number of hydrogen-bond acceptors (Lipinski definition) is 3. The van der Waals surface area contributed by atoms with Crippen molar-refractivity contribution in [3.63, 3.8) is 0 Å². The highest BCUT2D eigenvalue weighted by molar-refractivity contribution is 5.88. The van der Waals surface area contributed by atoms with Crippen LogP contribution in [0.4, 0.5) is 8.78 Å². The highest BCUT2D eigenvalue weighted by atomic mass is 19.1. The van der Waals surface area contributed by atoms with Crippen LogP contribution in [-0.2, 0) is 16.1 Å². The molecule has 0 spiro atoms. The van der Waals surface area contributed by atoms with Crippen molar-refractivity contribution in [1.29, 1.82) is 0 Å². The summed E-state index contributed by atoms with van der Waals surface area (Å²) in [6.07, 6.45) is 5.68. The number of nitrogens with one attached hydrogen (secondary N) is 1. The van der Waals surface area contributed by atoms with Crippen LogP contribution in [0.3, 0.4) is 0 Å². The molecule has 1 N–H and O–H groups in total. The summed E-state index contributed by atoms with van der Waals surface area (Å²) in [6.45, 7) is 1.72. The van der Waals surface area contributed by atoms with Gasteiger partial charge in [-0.25, -0.2) is 8.78 Å². The van der Waals surface area contributed by atoms with Gasteiger partial charge in [-0.1, -0.05) is 38.3 Å². The lowest BCUT2D eigenvalue weighted by atomic mass is 9.95. The van der Waals surface area contributed by atoms with Gasteiger partial charge in [0.15, 0.2) is 6.61 Å². The number of benzene rings is 2. The SMILES string of the molecule is CC[C@H](C(=O)NC1CCCCC1)N(Cc1ccc(F)cc1)C(=O)COc1ccc(F)cc1. The van der Waals surface area contributed by atoms with Gasteiger partial charge in [-0.05, 0) is 61.2 Å². The monoisotopic (exact) mass is 444 g/mol. The van der Waals surface area contributed by atoms with Gasteiger partial charge in [0.25, 0.3) is 5.91 Å². The average Bonchev–Trinajstić information content (AvgIpc) is 2.80. The zero-order chi connectivity index (χ0) is 22.9. The quantitative estimate of drug-likeness (QED) is 0.615. The highest BCUT2D eigenvalue weighted by Crippen LogP contribution is 2.19. The lowest BCUT2D eigenvalue weighted by Gasteiger charge is -2.32. The third-order valence-electron chi connectivity index (χ3n) is 5.78. The summed E-state index contributed by atoms with van der Waals surface area (Å²) < 4.78 is 32.0. The van der Waals surface area contributed by atoms with Crippen molar-refractivity contribution in [2.45, 2.75) is 64.1 Å². The fraction of sp³-hybridized carbons (Fsp3) is 0.440. The number of carbonyl (C=O) groups is 2. The molecule has 2 amide bonds. The van der Waals surface area contributed by atoms with Gasteiger partial charge in [0.1, 0.15) is 23.4 Å². The van der Waals surface area contributed by atoms with E-state index in [-0.39, 0.29) is 36.8 Å². The first-order valence-electron chi connectivity index (χ1n) is 11.2. The van der Waals surface area contributed by atoms with E-state index < -0.39 is 11.9 Å². The smallest absolute Gasteiger partial charge is 0.261 e. The average molecular weight is 445 g/mol. The standard InChI is InChI=1S/C25H30F2N2O3/c1-2-23(25(31)28-21-6-4-3-5-7-21)29(16-18-8-10-19(26)11-9-18)24(30)17-32-22-14-12-20(27)13-15-22/h8-15,21,23H,2-7,16-17H2,1H3,(H,28,31)/t23-/m1/s1. The molecule has 1 atom stereocenters. The van der Waals surface area contributed by atoms with E-state index in [0.717, 1.165) is 25.7 Å². The molecule has 172 valence electrons. The maximum Gasteiger partial charge on any atom is 0.261 e. The van der Waals surface area contributed by atoms with Crippen LogP contribution in [-0.4, -0.2) is 35.4 Å². The topological polar surface area (TPSA) is 58.6 Å². The second kappa shape index (κ2) is 11.6. The van der Waals surface area contributed by atoms with Crippen molar-refractivity contribution in [1.82, 2.24) is 10.2 Å². The van der Waals surface area contributed by atoms with E-state index in [0.29, 0.717) is 17.7 Å². The van der Waals surface area contributed by atoms with E-state index in [1.165, 1.54) is 47.7 Å². The van der Waals surface area contributed by atoms with E-state index in [2.05, 4.69) is 5.32 Å².